The van der Waals surface area contributed by atoms with Crippen LogP contribution in [-0.2, 0) is 33.3 Å². The summed E-state index contributed by atoms with van der Waals surface area (Å²) in [6.45, 7) is 4.77. The molecule has 0 heterocycles. The highest BCUT2D eigenvalue weighted by Gasteiger charge is 2.25. The van der Waals surface area contributed by atoms with Crippen LogP contribution in [0.15, 0.2) is 109 Å². The predicted molar refractivity (Wildman–Crippen MR) is 373 cm³/mol. The molecule has 0 aromatic rings. The van der Waals surface area contributed by atoms with E-state index in [9.17, 15) is 19.5 Å². The van der Waals surface area contributed by atoms with Crippen molar-refractivity contribution in [1.29, 1.82) is 0 Å². The van der Waals surface area contributed by atoms with Crippen LogP contribution < -0.4 is 0 Å². The Kier molecular flexibility index (Phi) is 64.7. The number of likely N-dealkylation sites (N-methyl/N-ethyl adjacent to an activating group) is 1. The van der Waals surface area contributed by atoms with Gasteiger partial charge in [0.25, 0.3) is 6.29 Å². The van der Waals surface area contributed by atoms with Gasteiger partial charge in [0.05, 0.1) is 34.4 Å². The van der Waals surface area contributed by atoms with Gasteiger partial charge in [-0.25, -0.2) is 4.79 Å². The number of quaternary nitrogens is 1. The smallest absolute Gasteiger partial charge is 0.361 e. The van der Waals surface area contributed by atoms with Crippen LogP contribution in [-0.4, -0.2) is 87.4 Å². The molecule has 87 heavy (non-hydrogen) atoms. The van der Waals surface area contributed by atoms with Crippen LogP contribution in [0, 0.1) is 0 Å². The number of nitrogens with zero attached hydrogens (tertiary/aromatic N) is 1. The first-order valence-electron chi connectivity index (χ1n) is 36.1. The van der Waals surface area contributed by atoms with Crippen molar-refractivity contribution in [2.75, 3.05) is 47.5 Å². The Hall–Kier alpha value is -4.05. The highest BCUT2D eigenvalue weighted by molar-refractivity contribution is 5.71. The van der Waals surface area contributed by atoms with Gasteiger partial charge in [0.15, 0.2) is 6.10 Å². The largest absolute Gasteiger partial charge is 0.477 e. The normalized spacial score (nSPS) is 13.3. The summed E-state index contributed by atoms with van der Waals surface area (Å²) < 4.78 is 23.0. The predicted octanol–water partition coefficient (Wildman–Crippen LogP) is 22.6. The van der Waals surface area contributed by atoms with Gasteiger partial charge < -0.3 is 28.5 Å². The molecule has 1 N–H and O–H groups in total. The summed E-state index contributed by atoms with van der Waals surface area (Å²) in [5, 5.41) is 9.75. The fraction of sp³-hybridized carbons (Fsp3) is 0.731. The SMILES string of the molecule is CC/C=C\C/C=C\C/C=C\C/C=C\C/C=C\C/C=C\CCCCCCCCCCCCC(=O)OC(COC(=O)CCCCCCCCCCCCCCCCCCCC/C=C\C/C=C\C/C=C\CCCCCCC)COC(OCC[N+](C)(C)C)C(=O)O. The Morgan fingerprint density at radius 2 is 0.655 bits per heavy atom. The summed E-state index contributed by atoms with van der Waals surface area (Å²) >= 11 is 0. The minimum Gasteiger partial charge on any atom is -0.477 e. The lowest BCUT2D eigenvalue weighted by Gasteiger charge is -2.25. The van der Waals surface area contributed by atoms with Gasteiger partial charge >= 0.3 is 17.9 Å². The maximum absolute atomic E-state index is 13.0. The van der Waals surface area contributed by atoms with Crippen molar-refractivity contribution in [3.63, 3.8) is 0 Å². The lowest BCUT2D eigenvalue weighted by Crippen LogP contribution is -2.40. The molecule has 2 unspecified atom stereocenters. The molecular weight excluding hydrogens is 1080 g/mol. The van der Waals surface area contributed by atoms with Crippen LogP contribution >= 0.6 is 0 Å². The van der Waals surface area contributed by atoms with Crippen LogP contribution in [0.25, 0.3) is 0 Å². The monoisotopic (exact) mass is 1220 g/mol. The number of esters is 2. The molecule has 0 amide bonds. The fourth-order valence-electron chi connectivity index (χ4n) is 10.0. The Labute approximate surface area is 536 Å². The molecule has 9 heteroatoms. The molecule has 0 aromatic heterocycles. The number of carbonyl (C=O) groups excluding carboxylic acids is 2. The van der Waals surface area contributed by atoms with E-state index < -0.39 is 24.3 Å². The van der Waals surface area contributed by atoms with E-state index in [1.54, 1.807) is 0 Å². The maximum Gasteiger partial charge on any atom is 0.361 e. The summed E-state index contributed by atoms with van der Waals surface area (Å²) in [4.78, 5) is 37.7. The summed E-state index contributed by atoms with van der Waals surface area (Å²) in [7, 11) is 5.98. The molecule has 0 radical (unpaired) electrons. The molecule has 0 saturated carbocycles. The highest BCUT2D eigenvalue weighted by atomic mass is 16.7. The lowest BCUT2D eigenvalue weighted by molar-refractivity contribution is -0.870. The van der Waals surface area contributed by atoms with Gasteiger partial charge in [0.1, 0.15) is 13.2 Å². The van der Waals surface area contributed by atoms with Gasteiger partial charge in [0, 0.05) is 12.8 Å². The Morgan fingerprint density at radius 1 is 0.356 bits per heavy atom. The Morgan fingerprint density at radius 3 is 0.977 bits per heavy atom. The number of unbranched alkanes of at least 4 members (excludes halogenated alkanes) is 33. The molecule has 0 fully saturated rings. The molecule has 0 aliphatic carbocycles. The lowest BCUT2D eigenvalue weighted by atomic mass is 10.0. The third-order valence-corrected chi connectivity index (χ3v) is 15.5. The minimum atomic E-state index is -1.52. The van der Waals surface area contributed by atoms with Crippen molar-refractivity contribution < 1.29 is 42.9 Å². The number of hydrogen-bond donors (Lipinski definition) is 1. The summed E-state index contributed by atoms with van der Waals surface area (Å²) in [6.07, 6.45) is 92.0. The second-order valence-electron chi connectivity index (χ2n) is 25.2. The van der Waals surface area contributed by atoms with Gasteiger partial charge in [-0.1, -0.05) is 303 Å². The van der Waals surface area contributed by atoms with Crippen LogP contribution in [0.4, 0.5) is 0 Å². The van der Waals surface area contributed by atoms with Crippen molar-refractivity contribution >= 4 is 17.9 Å². The van der Waals surface area contributed by atoms with E-state index in [1.165, 1.54) is 180 Å². The van der Waals surface area contributed by atoms with Crippen LogP contribution in [0.1, 0.15) is 309 Å². The summed E-state index contributed by atoms with van der Waals surface area (Å²) in [5.74, 6) is -2.00. The molecule has 0 aromatic carbocycles. The van der Waals surface area contributed by atoms with Crippen LogP contribution in [0.2, 0.25) is 0 Å². The van der Waals surface area contributed by atoms with E-state index in [-0.39, 0.29) is 32.2 Å². The quantitative estimate of drug-likeness (QED) is 0.0211. The maximum atomic E-state index is 13.0. The number of allylic oxidation sites excluding steroid dienone is 18. The number of hydrogen-bond acceptors (Lipinski definition) is 7. The number of ether oxygens (including phenoxy) is 4. The topological polar surface area (TPSA) is 108 Å². The molecule has 0 saturated heterocycles. The van der Waals surface area contributed by atoms with Crippen molar-refractivity contribution in [1.82, 2.24) is 0 Å². The van der Waals surface area contributed by atoms with Gasteiger partial charge in [0.2, 0.25) is 0 Å². The number of aliphatic carboxylic acids is 1. The second-order valence-corrected chi connectivity index (χ2v) is 25.2. The Balaban J connectivity index is 4.11. The van der Waals surface area contributed by atoms with E-state index in [2.05, 4.69) is 123 Å². The number of rotatable bonds is 66. The average Bonchev–Trinajstić information content (AvgIpc) is 3.57. The van der Waals surface area contributed by atoms with Gasteiger partial charge in [-0.15, -0.1) is 0 Å². The van der Waals surface area contributed by atoms with Gasteiger partial charge in [-0.3, -0.25) is 9.59 Å². The standard InChI is InChI=1S/C78H135NO8/c1-6-8-10-12-14-16-18-20-22-24-26-28-30-32-34-36-37-38-39-41-42-44-46-48-50-52-54-56-58-60-62-64-66-68-75(80)85-72-74(73-86-78(77(82)83)84-71-70-79(3,4)5)87-76(81)69-67-65-63-61-59-57-55-53-51-49-47-45-43-40-35-33-31-29-27-25-23-21-19-17-15-13-11-9-7-2/h9,11,15,17-18,20-21,23-24,26-27,29-30,32-33,35,43,45,74,78H,6-8,10,12-14,16,19,22,25,28,31,34,36-42,44,46-73H2,1-5H3/p+1/b11-9-,17-15-,20-18-,23-21-,26-24-,29-27-,32-30-,35-33-,45-43-. The zero-order valence-corrected chi connectivity index (χ0v) is 57.2. The van der Waals surface area contributed by atoms with Crippen molar-refractivity contribution in [2.24, 2.45) is 0 Å². The number of carboxylic acids is 1. The van der Waals surface area contributed by atoms with Gasteiger partial charge in [-0.05, 0) is 103 Å². The molecule has 0 rings (SSSR count). The first-order valence-corrected chi connectivity index (χ1v) is 36.1. The first kappa shape index (κ1) is 83.0. The summed E-state index contributed by atoms with van der Waals surface area (Å²) in [5.41, 5.74) is 0. The molecular formula is C78H136NO8+. The summed E-state index contributed by atoms with van der Waals surface area (Å²) in [6, 6.07) is 0. The van der Waals surface area contributed by atoms with E-state index in [4.69, 9.17) is 18.9 Å². The molecule has 0 aliphatic heterocycles. The zero-order chi connectivity index (χ0) is 63.3. The van der Waals surface area contributed by atoms with E-state index in [0.717, 1.165) is 96.3 Å². The van der Waals surface area contributed by atoms with E-state index >= 15 is 0 Å². The molecule has 2 atom stereocenters. The first-order chi connectivity index (χ1) is 42.6. The third-order valence-electron chi connectivity index (χ3n) is 15.5. The van der Waals surface area contributed by atoms with Crippen LogP contribution in [0.3, 0.4) is 0 Å². The molecule has 0 bridgehead atoms. The molecule has 500 valence electrons. The molecule has 9 nitrogen and oxygen atoms in total. The van der Waals surface area contributed by atoms with Gasteiger partial charge in [-0.2, -0.15) is 0 Å². The zero-order valence-electron chi connectivity index (χ0n) is 57.2. The fourth-order valence-corrected chi connectivity index (χ4v) is 10.0. The molecule has 0 aliphatic rings. The van der Waals surface area contributed by atoms with Crippen molar-refractivity contribution in [2.45, 2.75) is 322 Å². The van der Waals surface area contributed by atoms with Crippen molar-refractivity contribution in [3.8, 4) is 0 Å². The Bertz CT molecular complexity index is 1800. The van der Waals surface area contributed by atoms with Crippen molar-refractivity contribution in [3.05, 3.63) is 109 Å². The second kappa shape index (κ2) is 67.9. The third kappa shape index (κ3) is 69.3. The minimum absolute atomic E-state index is 0.183. The number of carboxylic acid groups (broad SMARTS) is 1. The van der Waals surface area contributed by atoms with E-state index in [0.29, 0.717) is 23.9 Å². The number of carbonyl (C=O) groups is 3. The molecule has 0 spiro atoms. The van der Waals surface area contributed by atoms with Crippen LogP contribution in [0.5, 0.6) is 0 Å². The average molecular weight is 1220 g/mol. The highest BCUT2D eigenvalue weighted by Crippen LogP contribution is 2.17. The van der Waals surface area contributed by atoms with E-state index in [1.807, 2.05) is 21.1 Å².